The van der Waals surface area contributed by atoms with Crippen molar-refractivity contribution in [3.05, 3.63) is 83.2 Å². The van der Waals surface area contributed by atoms with Crippen LogP contribution in [-0.2, 0) is 0 Å². The van der Waals surface area contributed by atoms with Crippen LogP contribution in [0.2, 0.25) is 0 Å². The topological polar surface area (TPSA) is 96.7 Å². The van der Waals surface area contributed by atoms with Crippen molar-refractivity contribution in [1.29, 1.82) is 0 Å². The molecule has 5 rings (SSSR count). The third kappa shape index (κ3) is 2.98. The van der Waals surface area contributed by atoms with E-state index in [0.717, 1.165) is 0 Å². The van der Waals surface area contributed by atoms with Gasteiger partial charge in [0.2, 0.25) is 0 Å². The second kappa shape index (κ2) is 7.07. The summed E-state index contributed by atoms with van der Waals surface area (Å²) < 4.78 is 19.7. The Kier molecular flexibility index (Phi) is 4.24. The minimum atomic E-state index is -0.457. The number of rotatable bonds is 4. The second-order valence-corrected chi connectivity index (χ2v) is 6.87. The highest BCUT2D eigenvalue weighted by molar-refractivity contribution is 5.97. The summed E-state index contributed by atoms with van der Waals surface area (Å²) in [4.78, 5) is 28.2. The van der Waals surface area contributed by atoms with Crippen LogP contribution in [0, 0.1) is 5.82 Å². The van der Waals surface area contributed by atoms with Crippen molar-refractivity contribution in [3.63, 3.8) is 0 Å². The van der Waals surface area contributed by atoms with Gasteiger partial charge in [-0.3, -0.25) is 0 Å². The van der Waals surface area contributed by atoms with Gasteiger partial charge in [-0.25, -0.2) is 24.1 Å². The highest BCUT2D eigenvalue weighted by Gasteiger charge is 2.22. The molecule has 0 aliphatic heterocycles. The number of imidazole rings is 1. The minimum absolute atomic E-state index is 0.371. The van der Waals surface area contributed by atoms with Gasteiger partial charge in [0.1, 0.15) is 23.4 Å². The molecule has 2 N–H and O–H groups in total. The Labute approximate surface area is 169 Å². The van der Waals surface area contributed by atoms with E-state index in [-0.39, 0.29) is 5.82 Å². The molecule has 7 nitrogen and oxygen atoms in total. The van der Waals surface area contributed by atoms with E-state index in [1.165, 1.54) is 24.8 Å². The Morgan fingerprint density at radius 1 is 1.07 bits per heavy atom. The van der Waals surface area contributed by atoms with Crippen LogP contribution in [0.4, 0.5) is 10.2 Å². The first-order valence-electron chi connectivity index (χ1n) is 9.34. The first-order chi connectivity index (χ1) is 14.6. The Hall–Kier alpha value is -4.07. The lowest BCUT2D eigenvalue weighted by atomic mass is 9.96. The number of aromatic nitrogens is 4. The normalized spacial score (nSPS) is 12.3. The summed E-state index contributed by atoms with van der Waals surface area (Å²) in [6, 6.07) is 12.9. The summed E-state index contributed by atoms with van der Waals surface area (Å²) in [7, 11) is 0. The maximum Gasteiger partial charge on any atom is 0.343 e. The molecule has 0 aliphatic rings. The summed E-state index contributed by atoms with van der Waals surface area (Å²) in [6.45, 7) is 1.85. The van der Waals surface area contributed by atoms with Crippen LogP contribution in [0.3, 0.4) is 0 Å². The summed E-state index contributed by atoms with van der Waals surface area (Å²) >= 11 is 0. The molecule has 3 aromatic heterocycles. The number of anilines is 1. The van der Waals surface area contributed by atoms with Crippen LogP contribution >= 0.6 is 0 Å². The molecule has 0 aliphatic carbocycles. The third-order valence-electron chi connectivity index (χ3n) is 4.95. The van der Waals surface area contributed by atoms with Crippen molar-refractivity contribution >= 4 is 27.8 Å². The van der Waals surface area contributed by atoms with Gasteiger partial charge in [0.15, 0.2) is 11.5 Å². The van der Waals surface area contributed by atoms with Crippen LogP contribution in [0.1, 0.15) is 18.7 Å². The number of fused-ring (bicyclic) bond motifs is 2. The second-order valence-electron chi connectivity index (χ2n) is 6.87. The average Bonchev–Trinajstić information content (AvgIpc) is 3.23. The number of aromatic amines is 1. The number of H-pyrrole nitrogens is 1. The van der Waals surface area contributed by atoms with Crippen molar-refractivity contribution in [2.24, 2.45) is 0 Å². The Morgan fingerprint density at radius 2 is 1.90 bits per heavy atom. The van der Waals surface area contributed by atoms with Crippen LogP contribution in [0.15, 0.2) is 70.4 Å². The van der Waals surface area contributed by atoms with Gasteiger partial charge in [-0.1, -0.05) is 30.3 Å². The van der Waals surface area contributed by atoms with E-state index in [4.69, 9.17) is 4.42 Å². The summed E-state index contributed by atoms with van der Waals surface area (Å²) in [6.07, 6.45) is 2.94. The molecule has 0 spiro atoms. The Bertz CT molecular complexity index is 1440. The lowest BCUT2D eigenvalue weighted by Crippen LogP contribution is -2.14. The number of hydrogen-bond acceptors (Lipinski definition) is 6. The van der Waals surface area contributed by atoms with Crippen molar-refractivity contribution in [2.75, 3.05) is 5.32 Å². The molecule has 8 heteroatoms. The summed E-state index contributed by atoms with van der Waals surface area (Å²) in [5.41, 5.74) is 1.97. The molecule has 5 aromatic rings. The Morgan fingerprint density at radius 3 is 2.73 bits per heavy atom. The van der Waals surface area contributed by atoms with Gasteiger partial charge in [0.25, 0.3) is 0 Å². The first-order valence-corrected chi connectivity index (χ1v) is 9.34. The molecule has 1 atom stereocenters. The minimum Gasteiger partial charge on any atom is -0.425 e. The molecular weight excluding hydrogens is 385 g/mol. The molecule has 0 bridgehead atoms. The predicted molar refractivity (Wildman–Crippen MR) is 112 cm³/mol. The molecule has 2 aromatic carbocycles. The number of nitrogens with zero attached hydrogens (tertiary/aromatic N) is 3. The lowest BCUT2D eigenvalue weighted by Gasteiger charge is -2.19. The van der Waals surface area contributed by atoms with Gasteiger partial charge in [-0.15, -0.1) is 0 Å². The zero-order valence-corrected chi connectivity index (χ0v) is 15.9. The van der Waals surface area contributed by atoms with Gasteiger partial charge >= 0.3 is 5.63 Å². The van der Waals surface area contributed by atoms with Crippen molar-refractivity contribution in [2.45, 2.75) is 13.0 Å². The number of benzene rings is 2. The lowest BCUT2D eigenvalue weighted by molar-refractivity contribution is 0.452. The van der Waals surface area contributed by atoms with Crippen molar-refractivity contribution in [1.82, 2.24) is 19.9 Å². The van der Waals surface area contributed by atoms with Gasteiger partial charge in [-0.2, -0.15) is 0 Å². The molecule has 0 amide bonds. The fourth-order valence-electron chi connectivity index (χ4n) is 3.61. The van der Waals surface area contributed by atoms with E-state index in [1.54, 1.807) is 24.3 Å². The monoisotopic (exact) mass is 401 g/mol. The van der Waals surface area contributed by atoms with Crippen LogP contribution in [0.25, 0.3) is 33.1 Å². The van der Waals surface area contributed by atoms with Crippen LogP contribution < -0.4 is 10.9 Å². The molecule has 0 saturated heterocycles. The van der Waals surface area contributed by atoms with Crippen molar-refractivity contribution in [3.8, 4) is 11.1 Å². The third-order valence-corrected chi connectivity index (χ3v) is 4.95. The smallest absolute Gasteiger partial charge is 0.343 e. The van der Waals surface area contributed by atoms with Crippen LogP contribution in [0.5, 0.6) is 0 Å². The standard InChI is InChI=1S/C22H16FN5O2/c1-12(28-21-18-20(25-10-24-18)26-11-27-21)19-17(13-5-4-6-14(23)9-13)15-7-2-3-8-16(15)22(29)30-19/h2-12H,1H3,(H2,24,25,26,27,28). The average molecular weight is 401 g/mol. The number of halogens is 1. The fourth-order valence-corrected chi connectivity index (χ4v) is 3.61. The van der Waals surface area contributed by atoms with E-state index in [2.05, 4.69) is 25.3 Å². The molecule has 3 heterocycles. The molecule has 1 unspecified atom stereocenters. The molecular formula is C22H16FN5O2. The van der Waals surface area contributed by atoms with Gasteiger partial charge in [-0.05, 0) is 30.7 Å². The number of hydrogen-bond donors (Lipinski definition) is 2. The highest BCUT2D eigenvalue weighted by Crippen LogP contribution is 2.35. The summed E-state index contributed by atoms with van der Waals surface area (Å²) in [5, 5.41) is 4.38. The van der Waals surface area contributed by atoms with Gasteiger partial charge < -0.3 is 14.7 Å². The van der Waals surface area contributed by atoms with E-state index >= 15 is 0 Å². The molecule has 30 heavy (non-hydrogen) atoms. The van der Waals surface area contributed by atoms with Gasteiger partial charge in [0.05, 0.1) is 17.8 Å². The van der Waals surface area contributed by atoms with E-state index < -0.39 is 11.7 Å². The predicted octanol–water partition coefficient (Wildman–Crippen LogP) is 4.44. The van der Waals surface area contributed by atoms with Crippen LogP contribution in [-0.4, -0.2) is 19.9 Å². The largest absolute Gasteiger partial charge is 0.425 e. The zero-order valence-electron chi connectivity index (χ0n) is 15.9. The fraction of sp³-hybridized carbons (Fsp3) is 0.0909. The quantitative estimate of drug-likeness (QED) is 0.462. The first kappa shape index (κ1) is 18.0. The zero-order chi connectivity index (χ0) is 20.7. The molecule has 0 radical (unpaired) electrons. The molecule has 148 valence electrons. The van der Waals surface area contributed by atoms with E-state index in [9.17, 15) is 9.18 Å². The van der Waals surface area contributed by atoms with Crippen molar-refractivity contribution < 1.29 is 8.81 Å². The van der Waals surface area contributed by atoms with E-state index in [1.807, 2.05) is 19.1 Å². The Balaban J connectivity index is 1.71. The van der Waals surface area contributed by atoms with Gasteiger partial charge in [0, 0.05) is 10.9 Å². The summed E-state index contributed by atoms with van der Waals surface area (Å²) in [5.74, 6) is 0.533. The number of nitrogens with one attached hydrogen (secondary N) is 2. The van der Waals surface area contributed by atoms with E-state index in [0.29, 0.717) is 44.6 Å². The molecule has 0 saturated carbocycles. The maximum atomic E-state index is 14.0. The maximum absolute atomic E-state index is 14.0. The highest BCUT2D eigenvalue weighted by atomic mass is 19.1. The molecule has 0 fully saturated rings. The SMILES string of the molecule is CC(Nc1ncnc2nc[nH]c12)c1oc(=O)c2ccccc2c1-c1cccc(F)c1.